The summed E-state index contributed by atoms with van der Waals surface area (Å²) >= 11 is 0. The third-order valence-electron chi connectivity index (χ3n) is 3.81. The van der Waals surface area contributed by atoms with Gasteiger partial charge in [-0.3, -0.25) is 0 Å². The molecule has 0 unspecified atom stereocenters. The Morgan fingerprint density at radius 3 is 2.47 bits per heavy atom. The molecule has 1 aliphatic heterocycles. The Kier molecular flexibility index (Phi) is 4.58. The van der Waals surface area contributed by atoms with Crippen LogP contribution in [-0.4, -0.2) is 36.3 Å². The molecule has 0 atom stereocenters. The molecule has 2 heterocycles. The molecule has 1 fully saturated rings. The van der Waals surface area contributed by atoms with Gasteiger partial charge in [-0.1, -0.05) is 6.92 Å². The zero-order valence-corrected chi connectivity index (χ0v) is 12.1. The molecule has 19 heavy (non-hydrogen) atoms. The monoisotopic (exact) mass is 264 g/mol. The van der Waals surface area contributed by atoms with E-state index < -0.39 is 0 Å². The third kappa shape index (κ3) is 3.56. The van der Waals surface area contributed by atoms with Gasteiger partial charge in [-0.15, -0.1) is 0 Å². The molecule has 2 rings (SSSR count). The maximum atomic E-state index is 5.43. The summed E-state index contributed by atoms with van der Waals surface area (Å²) in [5.74, 6) is 1.84. The van der Waals surface area contributed by atoms with Gasteiger partial charge in [0.1, 0.15) is 18.0 Å². The molecule has 5 heteroatoms. The maximum Gasteiger partial charge on any atom is 0.134 e. The van der Waals surface area contributed by atoms with Gasteiger partial charge >= 0.3 is 0 Å². The van der Waals surface area contributed by atoms with Crippen molar-refractivity contribution >= 4 is 11.6 Å². The molecule has 1 aromatic heterocycles. The lowest BCUT2D eigenvalue weighted by atomic mass is 9.82. The summed E-state index contributed by atoms with van der Waals surface area (Å²) in [6.45, 7) is 9.95. The van der Waals surface area contributed by atoms with E-state index >= 15 is 0 Å². The lowest BCUT2D eigenvalue weighted by Crippen LogP contribution is -2.33. The molecule has 0 aliphatic carbocycles. The molecule has 1 aliphatic rings. The van der Waals surface area contributed by atoms with Gasteiger partial charge in [-0.2, -0.15) is 0 Å². The van der Waals surface area contributed by atoms with Crippen LogP contribution in [0.25, 0.3) is 0 Å². The predicted octanol–water partition coefficient (Wildman–Crippen LogP) is 2.45. The highest BCUT2D eigenvalue weighted by Crippen LogP contribution is 2.30. The number of rotatable bonds is 5. The smallest absolute Gasteiger partial charge is 0.134 e. The quantitative estimate of drug-likeness (QED) is 0.855. The molecule has 1 saturated heterocycles. The van der Waals surface area contributed by atoms with Gasteiger partial charge < -0.3 is 15.4 Å². The van der Waals surface area contributed by atoms with Crippen LogP contribution in [0.2, 0.25) is 0 Å². The molecule has 0 amide bonds. The van der Waals surface area contributed by atoms with Crippen molar-refractivity contribution in [2.24, 2.45) is 5.41 Å². The largest absolute Gasteiger partial charge is 0.381 e. The SMILES string of the molecule is CCNc1ncnc(NCC2(C)CCOCC2)c1C. The van der Waals surface area contributed by atoms with Crippen LogP contribution >= 0.6 is 0 Å². The third-order valence-corrected chi connectivity index (χ3v) is 3.81. The molecule has 106 valence electrons. The highest BCUT2D eigenvalue weighted by atomic mass is 16.5. The number of anilines is 2. The second-order valence-corrected chi connectivity index (χ2v) is 5.50. The normalized spacial score (nSPS) is 18.1. The van der Waals surface area contributed by atoms with E-state index in [2.05, 4.69) is 34.4 Å². The van der Waals surface area contributed by atoms with Crippen molar-refractivity contribution in [3.63, 3.8) is 0 Å². The van der Waals surface area contributed by atoms with Crippen LogP contribution in [0.15, 0.2) is 6.33 Å². The summed E-state index contributed by atoms with van der Waals surface area (Å²) in [6, 6.07) is 0. The first kappa shape index (κ1) is 14.1. The van der Waals surface area contributed by atoms with Crippen LogP contribution in [0.5, 0.6) is 0 Å². The van der Waals surface area contributed by atoms with Crippen molar-refractivity contribution in [2.75, 3.05) is 36.9 Å². The Labute approximate surface area is 115 Å². The summed E-state index contributed by atoms with van der Waals surface area (Å²) in [6.07, 6.45) is 3.81. The average Bonchev–Trinajstić information content (AvgIpc) is 2.41. The van der Waals surface area contributed by atoms with Crippen molar-refractivity contribution in [1.29, 1.82) is 0 Å². The second-order valence-electron chi connectivity index (χ2n) is 5.50. The van der Waals surface area contributed by atoms with Crippen LogP contribution in [0.4, 0.5) is 11.6 Å². The van der Waals surface area contributed by atoms with Crippen molar-refractivity contribution in [3.8, 4) is 0 Å². The Morgan fingerprint density at radius 1 is 1.21 bits per heavy atom. The van der Waals surface area contributed by atoms with Gasteiger partial charge in [0.15, 0.2) is 0 Å². The van der Waals surface area contributed by atoms with E-state index in [0.717, 1.165) is 56.3 Å². The molecule has 0 bridgehead atoms. The first-order chi connectivity index (χ1) is 9.14. The van der Waals surface area contributed by atoms with Crippen molar-refractivity contribution in [2.45, 2.75) is 33.6 Å². The van der Waals surface area contributed by atoms with Gasteiger partial charge in [-0.25, -0.2) is 9.97 Å². The Bertz CT molecular complexity index is 416. The first-order valence-corrected chi connectivity index (χ1v) is 7.02. The average molecular weight is 264 g/mol. The van der Waals surface area contributed by atoms with Gasteiger partial charge in [0.05, 0.1) is 0 Å². The molecular weight excluding hydrogens is 240 g/mol. The van der Waals surface area contributed by atoms with Crippen LogP contribution in [0.3, 0.4) is 0 Å². The van der Waals surface area contributed by atoms with E-state index in [4.69, 9.17) is 4.74 Å². The number of hydrogen-bond donors (Lipinski definition) is 2. The lowest BCUT2D eigenvalue weighted by molar-refractivity contribution is 0.0299. The van der Waals surface area contributed by atoms with Crippen molar-refractivity contribution < 1.29 is 4.74 Å². The number of ether oxygens (including phenoxy) is 1. The molecule has 5 nitrogen and oxygen atoms in total. The zero-order valence-electron chi connectivity index (χ0n) is 12.1. The highest BCUT2D eigenvalue weighted by molar-refractivity contribution is 5.56. The second kappa shape index (κ2) is 6.19. The maximum absolute atomic E-state index is 5.43. The predicted molar refractivity (Wildman–Crippen MR) is 77.6 cm³/mol. The number of nitrogens with one attached hydrogen (secondary N) is 2. The lowest BCUT2D eigenvalue weighted by Gasteiger charge is -2.33. The molecule has 1 aromatic rings. The summed E-state index contributed by atoms with van der Waals surface area (Å²) in [5, 5.41) is 6.73. The summed E-state index contributed by atoms with van der Waals surface area (Å²) in [5.41, 5.74) is 1.38. The molecule has 0 radical (unpaired) electrons. The summed E-state index contributed by atoms with van der Waals surface area (Å²) in [4.78, 5) is 8.60. The van der Waals surface area contributed by atoms with E-state index in [-0.39, 0.29) is 0 Å². The number of hydrogen-bond acceptors (Lipinski definition) is 5. The van der Waals surface area contributed by atoms with Crippen LogP contribution in [0.1, 0.15) is 32.3 Å². The number of nitrogens with zero attached hydrogens (tertiary/aromatic N) is 2. The van der Waals surface area contributed by atoms with Crippen LogP contribution in [0, 0.1) is 12.3 Å². The molecule has 0 aromatic carbocycles. The minimum atomic E-state index is 0.300. The van der Waals surface area contributed by atoms with E-state index in [1.54, 1.807) is 6.33 Å². The fourth-order valence-corrected chi connectivity index (χ4v) is 2.31. The van der Waals surface area contributed by atoms with Gasteiger partial charge in [0.2, 0.25) is 0 Å². The number of aromatic nitrogens is 2. The standard InChI is InChI=1S/C14H24N4O/c1-4-15-12-11(2)13(18-10-17-12)16-9-14(3)5-7-19-8-6-14/h10H,4-9H2,1-3H3,(H2,15,16,17,18). The highest BCUT2D eigenvalue weighted by Gasteiger charge is 2.27. The van der Waals surface area contributed by atoms with Crippen LogP contribution in [-0.2, 0) is 4.74 Å². The Balaban J connectivity index is 2.00. The summed E-state index contributed by atoms with van der Waals surface area (Å²) in [7, 11) is 0. The molecule has 2 N–H and O–H groups in total. The fraction of sp³-hybridized carbons (Fsp3) is 0.714. The van der Waals surface area contributed by atoms with E-state index in [1.807, 2.05) is 6.92 Å². The van der Waals surface area contributed by atoms with Gasteiger partial charge in [-0.05, 0) is 32.1 Å². The molecule has 0 saturated carbocycles. The fourth-order valence-electron chi connectivity index (χ4n) is 2.31. The van der Waals surface area contributed by atoms with Gasteiger partial charge in [0.25, 0.3) is 0 Å². The Morgan fingerprint density at radius 2 is 1.84 bits per heavy atom. The topological polar surface area (TPSA) is 59.1 Å². The summed E-state index contributed by atoms with van der Waals surface area (Å²) < 4.78 is 5.43. The van der Waals surface area contributed by atoms with Crippen LogP contribution < -0.4 is 10.6 Å². The molecule has 0 spiro atoms. The van der Waals surface area contributed by atoms with E-state index in [9.17, 15) is 0 Å². The molecular formula is C14H24N4O. The van der Waals surface area contributed by atoms with E-state index in [1.165, 1.54) is 0 Å². The van der Waals surface area contributed by atoms with Crippen molar-refractivity contribution in [1.82, 2.24) is 9.97 Å². The van der Waals surface area contributed by atoms with Crippen molar-refractivity contribution in [3.05, 3.63) is 11.9 Å². The van der Waals surface area contributed by atoms with E-state index in [0.29, 0.717) is 5.41 Å². The zero-order chi connectivity index (χ0) is 13.7. The van der Waals surface area contributed by atoms with Gasteiger partial charge in [0, 0.05) is 31.9 Å². The first-order valence-electron chi connectivity index (χ1n) is 7.02. The Hall–Kier alpha value is -1.36. The minimum Gasteiger partial charge on any atom is -0.381 e. The minimum absolute atomic E-state index is 0.300.